The molecular formula is C50H38CaCl2N6O12S2. The van der Waals surface area contributed by atoms with E-state index in [0.717, 1.165) is 12.1 Å². The van der Waals surface area contributed by atoms with Crippen molar-refractivity contribution in [2.45, 2.75) is 23.6 Å². The van der Waals surface area contributed by atoms with Crippen LogP contribution in [0, 0.1) is 13.8 Å². The van der Waals surface area contributed by atoms with Crippen molar-refractivity contribution in [3.8, 4) is 23.0 Å². The summed E-state index contributed by atoms with van der Waals surface area (Å²) in [7, 11) is -5.94. The van der Waals surface area contributed by atoms with Gasteiger partial charge in [0.2, 0.25) is 0 Å². The maximum absolute atomic E-state index is 13.3. The second-order valence-corrected chi connectivity index (χ2v) is 19.1. The minimum Gasteiger partial charge on any atom is -0.871 e. The minimum absolute atomic E-state index is 0. The number of phenols is 1. The Hall–Kier alpha value is -6.72. The summed E-state index contributed by atoms with van der Waals surface area (Å²) in [5, 5.41) is 58.5. The number of hydrogen-bond acceptors (Lipinski definition) is 15. The van der Waals surface area contributed by atoms with Gasteiger partial charge in [0.15, 0.2) is 5.75 Å². The van der Waals surface area contributed by atoms with E-state index in [4.69, 9.17) is 32.7 Å². The number of amides is 1. The summed E-state index contributed by atoms with van der Waals surface area (Å²) < 4.78 is 74.7. The number of carbonyl (C=O) groups excluding carboxylic acids is 1. The van der Waals surface area contributed by atoms with E-state index in [-0.39, 0.29) is 86.6 Å². The number of carbonyl (C=O) groups is 1. The molecule has 0 spiro atoms. The molecule has 0 atom stereocenters. The maximum Gasteiger partial charge on any atom is 2.00 e. The number of aromatic hydroxyl groups is 1. The number of ether oxygens (including phenoxy) is 2. The first-order valence-electron chi connectivity index (χ1n) is 20.9. The third kappa shape index (κ3) is 13.1. The molecule has 0 unspecified atom stereocenters. The van der Waals surface area contributed by atoms with Gasteiger partial charge in [0.25, 0.3) is 26.1 Å². The van der Waals surface area contributed by atoms with Gasteiger partial charge in [-0.25, -0.2) is 0 Å². The number of azo groups is 2. The SMILES string of the molecule is COc1cccc(N=C([O-])c2cc3ccccc3c(N=Nc3c(C)cc(S(=O)(=O)O)cc3Cl)c2[O-])c1.COc1cccc(NC(=O)c2cc3ccccc3c(N=Nc3c(C)cc(S(=O)(=O)O)cc3Cl)c2O)c1.[Ca+2]. The predicted molar refractivity (Wildman–Crippen MR) is 275 cm³/mol. The Morgan fingerprint density at radius 2 is 1.07 bits per heavy atom. The summed E-state index contributed by atoms with van der Waals surface area (Å²) in [6, 6.07) is 34.6. The number of phenolic OH excluding ortho intramolecular Hbond substituents is 1. The monoisotopic (exact) mass is 1090 g/mol. The molecule has 0 radical (unpaired) electrons. The average Bonchev–Trinajstić information content (AvgIpc) is 3.33. The van der Waals surface area contributed by atoms with E-state index < -0.39 is 48.4 Å². The minimum atomic E-state index is -4.48. The van der Waals surface area contributed by atoms with E-state index in [1.165, 1.54) is 39.3 Å². The van der Waals surface area contributed by atoms with Gasteiger partial charge in [-0.3, -0.25) is 18.9 Å². The number of aryl methyl sites for hydroxylation is 2. The van der Waals surface area contributed by atoms with Gasteiger partial charge in [0.1, 0.15) is 28.6 Å². The molecule has 0 aliphatic heterocycles. The molecule has 0 aromatic heterocycles. The standard InChI is InChI=1S/2C25H20ClN3O6S.Ca/c2*1-14-10-18(36(32,33)34)13-21(26)22(14)28-29-23-19-9-4-3-6-15(19)11-20(24(23)30)25(31)27-16-7-5-8-17(12-16)35-2;/h2*3-13,30H,1-2H3,(H,27,31)(H,32,33,34);/q;;+2/p-2. The molecule has 0 aliphatic carbocycles. The maximum atomic E-state index is 13.3. The molecule has 368 valence electrons. The third-order valence-corrected chi connectivity index (χ3v) is 12.8. The number of anilines is 1. The van der Waals surface area contributed by atoms with Crippen LogP contribution in [0.15, 0.2) is 169 Å². The Labute approximate surface area is 457 Å². The van der Waals surface area contributed by atoms with E-state index in [0.29, 0.717) is 55.5 Å². The number of rotatable bonds is 12. The van der Waals surface area contributed by atoms with Crippen LogP contribution in [-0.2, 0) is 20.2 Å². The first kappa shape index (κ1) is 55.6. The number of methoxy groups -OCH3 is 2. The van der Waals surface area contributed by atoms with Crippen LogP contribution < -0.4 is 25.0 Å². The molecule has 0 aliphatic rings. The van der Waals surface area contributed by atoms with Crippen LogP contribution in [-0.4, -0.2) is 94.8 Å². The molecule has 0 saturated carbocycles. The van der Waals surface area contributed by atoms with Crippen molar-refractivity contribution >= 4 is 149 Å². The van der Waals surface area contributed by atoms with Gasteiger partial charge in [-0.15, -0.1) is 15.3 Å². The fourth-order valence-corrected chi connectivity index (χ4v) is 9.00. The summed E-state index contributed by atoms with van der Waals surface area (Å²) in [6.45, 7) is 3.07. The zero-order valence-electron chi connectivity index (χ0n) is 38.7. The molecule has 18 nitrogen and oxygen atoms in total. The van der Waals surface area contributed by atoms with E-state index in [9.17, 15) is 46.1 Å². The first-order valence-corrected chi connectivity index (χ1v) is 24.5. The van der Waals surface area contributed by atoms with Crippen molar-refractivity contribution in [2.75, 3.05) is 19.5 Å². The average molecular weight is 1090 g/mol. The van der Waals surface area contributed by atoms with Gasteiger partial charge in [-0.05, 0) is 108 Å². The summed E-state index contributed by atoms with van der Waals surface area (Å²) in [5.74, 6) is -1.36. The van der Waals surface area contributed by atoms with Gasteiger partial charge in [-0.1, -0.05) is 89.6 Å². The number of hydrogen-bond donors (Lipinski definition) is 4. The van der Waals surface area contributed by atoms with Crippen LogP contribution in [0.5, 0.6) is 23.0 Å². The Balaban J connectivity index is 0.000000235. The number of nitrogens with zero attached hydrogens (tertiary/aromatic N) is 5. The van der Waals surface area contributed by atoms with Crippen molar-refractivity contribution in [1.29, 1.82) is 0 Å². The molecular weight excluding hydrogens is 1050 g/mol. The number of aliphatic imine (C=N–C) groups is 1. The van der Waals surface area contributed by atoms with Crippen molar-refractivity contribution in [3.05, 3.63) is 166 Å². The normalized spacial score (nSPS) is 11.9. The van der Waals surface area contributed by atoms with E-state index in [2.05, 4.69) is 30.8 Å². The summed E-state index contributed by atoms with van der Waals surface area (Å²) >= 11 is 12.4. The zero-order valence-corrected chi connectivity index (χ0v) is 44.1. The summed E-state index contributed by atoms with van der Waals surface area (Å²) in [5.41, 5.74) is 1.34. The molecule has 8 aromatic rings. The summed E-state index contributed by atoms with van der Waals surface area (Å²) in [4.78, 5) is 16.3. The van der Waals surface area contributed by atoms with Crippen molar-refractivity contribution in [1.82, 2.24) is 0 Å². The van der Waals surface area contributed by atoms with Crippen LogP contribution >= 0.6 is 23.2 Å². The first-order chi connectivity index (χ1) is 34.2. The van der Waals surface area contributed by atoms with Crippen LogP contribution in [0.4, 0.5) is 34.1 Å². The zero-order chi connectivity index (χ0) is 52.1. The molecule has 0 bridgehead atoms. The van der Waals surface area contributed by atoms with Gasteiger partial charge >= 0.3 is 37.7 Å². The Morgan fingerprint density at radius 1 is 0.603 bits per heavy atom. The fourth-order valence-electron chi connectivity index (χ4n) is 7.08. The number of fused-ring (bicyclic) bond motifs is 2. The molecule has 4 N–H and O–H groups in total. The van der Waals surface area contributed by atoms with Gasteiger partial charge in [0.05, 0.1) is 51.0 Å². The van der Waals surface area contributed by atoms with Gasteiger partial charge in [-0.2, -0.15) is 21.9 Å². The quantitative estimate of drug-likeness (QED) is 0.0292. The largest absolute Gasteiger partial charge is 2.00 e. The van der Waals surface area contributed by atoms with E-state index in [1.54, 1.807) is 110 Å². The second-order valence-electron chi connectivity index (χ2n) is 15.5. The molecule has 23 heteroatoms. The van der Waals surface area contributed by atoms with Gasteiger partial charge < -0.3 is 30.1 Å². The molecule has 73 heavy (non-hydrogen) atoms. The van der Waals surface area contributed by atoms with Crippen molar-refractivity contribution in [2.24, 2.45) is 25.4 Å². The Kier molecular flexibility index (Phi) is 17.8. The molecule has 8 rings (SSSR count). The number of benzene rings is 8. The smallest absolute Gasteiger partial charge is 0.871 e. The number of halogens is 2. The molecule has 8 aromatic carbocycles. The molecule has 0 fully saturated rings. The Morgan fingerprint density at radius 3 is 1.59 bits per heavy atom. The van der Waals surface area contributed by atoms with E-state index in [1.807, 2.05) is 0 Å². The number of nitrogens with one attached hydrogen (secondary N) is 1. The fraction of sp³-hybridized carbons (Fsp3) is 0.0800. The van der Waals surface area contributed by atoms with E-state index >= 15 is 0 Å². The van der Waals surface area contributed by atoms with Crippen molar-refractivity contribution < 1.29 is 55.5 Å². The molecule has 0 heterocycles. The van der Waals surface area contributed by atoms with Crippen LogP contribution in [0.1, 0.15) is 27.0 Å². The van der Waals surface area contributed by atoms with Gasteiger partial charge in [0, 0.05) is 28.6 Å². The van der Waals surface area contributed by atoms with Crippen molar-refractivity contribution in [3.63, 3.8) is 0 Å². The van der Waals surface area contributed by atoms with Crippen LogP contribution in [0.3, 0.4) is 0 Å². The topological polar surface area (TPSA) is 284 Å². The third-order valence-electron chi connectivity index (χ3n) is 10.6. The molecule has 0 saturated heterocycles. The predicted octanol–water partition coefficient (Wildman–Crippen LogP) is 11.0. The Bertz CT molecular complexity index is 3740. The summed E-state index contributed by atoms with van der Waals surface area (Å²) in [6.07, 6.45) is 0. The van der Waals surface area contributed by atoms with Crippen LogP contribution in [0.2, 0.25) is 10.0 Å². The molecule has 1 amide bonds. The second kappa shape index (κ2) is 23.4. The van der Waals surface area contributed by atoms with Crippen LogP contribution in [0.25, 0.3) is 21.5 Å².